The summed E-state index contributed by atoms with van der Waals surface area (Å²) in [4.78, 5) is 47.0. The average molecular weight is 372 g/mol. The minimum atomic E-state index is -1.12. The number of carboxylic acids is 1. The van der Waals surface area contributed by atoms with Gasteiger partial charge in [-0.05, 0) is 24.7 Å². The highest BCUT2D eigenvalue weighted by molar-refractivity contribution is 5.91. The Morgan fingerprint density at radius 1 is 0.885 bits per heavy atom. The fraction of sp³-hybridized carbons (Fsp3) is 0.765. The molecule has 0 radical (unpaired) electrons. The van der Waals surface area contributed by atoms with Crippen molar-refractivity contribution in [2.24, 2.45) is 17.6 Å². The SMILES string of the molecule is CC(C)C[C@H](NC(=O)CNC(=O)[C@H](CC(C)C)NC(=O)CCN)C(=O)O. The van der Waals surface area contributed by atoms with Gasteiger partial charge in [0.25, 0.3) is 0 Å². The van der Waals surface area contributed by atoms with Crippen molar-refractivity contribution in [1.82, 2.24) is 16.0 Å². The summed E-state index contributed by atoms with van der Waals surface area (Å²) in [5, 5.41) is 16.6. The molecular formula is C17H32N4O5. The first-order chi connectivity index (χ1) is 12.1. The molecule has 0 fully saturated rings. The topological polar surface area (TPSA) is 151 Å². The van der Waals surface area contributed by atoms with Crippen LogP contribution < -0.4 is 21.7 Å². The van der Waals surface area contributed by atoms with E-state index in [0.717, 1.165) is 0 Å². The maximum absolute atomic E-state index is 12.3. The van der Waals surface area contributed by atoms with E-state index >= 15 is 0 Å². The highest BCUT2D eigenvalue weighted by Crippen LogP contribution is 2.06. The van der Waals surface area contributed by atoms with Gasteiger partial charge in [0.15, 0.2) is 0 Å². The molecule has 150 valence electrons. The maximum atomic E-state index is 12.3. The van der Waals surface area contributed by atoms with Crippen LogP contribution in [0, 0.1) is 11.8 Å². The summed E-state index contributed by atoms with van der Waals surface area (Å²) in [6.45, 7) is 7.34. The molecule has 0 saturated heterocycles. The monoisotopic (exact) mass is 372 g/mol. The quantitative estimate of drug-likeness (QED) is 0.314. The summed E-state index contributed by atoms with van der Waals surface area (Å²) < 4.78 is 0. The molecule has 2 atom stereocenters. The Morgan fingerprint density at radius 3 is 1.85 bits per heavy atom. The summed E-state index contributed by atoms with van der Waals surface area (Å²) in [5.74, 6) is -2.29. The van der Waals surface area contributed by atoms with Crippen molar-refractivity contribution >= 4 is 23.7 Å². The fourth-order valence-corrected chi connectivity index (χ4v) is 2.33. The Hall–Kier alpha value is -2.16. The van der Waals surface area contributed by atoms with Crippen LogP contribution in [0.5, 0.6) is 0 Å². The van der Waals surface area contributed by atoms with Crippen molar-refractivity contribution in [3.63, 3.8) is 0 Å². The number of aliphatic carboxylic acids is 1. The van der Waals surface area contributed by atoms with Crippen LogP contribution in [-0.4, -0.2) is 54.0 Å². The zero-order valence-electron chi connectivity index (χ0n) is 16.0. The second kappa shape index (κ2) is 12.2. The van der Waals surface area contributed by atoms with E-state index < -0.39 is 29.9 Å². The van der Waals surface area contributed by atoms with Gasteiger partial charge in [0.2, 0.25) is 17.7 Å². The summed E-state index contributed by atoms with van der Waals surface area (Å²) in [6, 6.07) is -1.78. The molecule has 0 aliphatic heterocycles. The van der Waals surface area contributed by atoms with Gasteiger partial charge >= 0.3 is 5.97 Å². The standard InChI is InChI=1S/C17H32N4O5/c1-10(2)7-12(20-14(22)5-6-18)16(24)19-9-15(23)21-13(17(25)26)8-11(3)4/h10-13H,5-9,18H2,1-4H3,(H,19,24)(H,20,22)(H,21,23)(H,25,26)/t12-,13-/m0/s1. The second-order valence-electron chi connectivity index (χ2n) is 7.09. The lowest BCUT2D eigenvalue weighted by molar-refractivity contribution is -0.142. The summed E-state index contributed by atoms with van der Waals surface area (Å²) in [5.41, 5.74) is 5.32. The molecule has 6 N–H and O–H groups in total. The molecule has 0 bridgehead atoms. The summed E-state index contributed by atoms with van der Waals surface area (Å²) >= 11 is 0. The Morgan fingerprint density at radius 2 is 1.38 bits per heavy atom. The van der Waals surface area contributed by atoms with E-state index in [0.29, 0.717) is 12.8 Å². The average Bonchev–Trinajstić information content (AvgIpc) is 2.50. The first kappa shape index (κ1) is 23.8. The van der Waals surface area contributed by atoms with Crippen LogP contribution in [0.4, 0.5) is 0 Å². The molecule has 0 aliphatic rings. The largest absolute Gasteiger partial charge is 0.480 e. The second-order valence-corrected chi connectivity index (χ2v) is 7.09. The lowest BCUT2D eigenvalue weighted by Gasteiger charge is -2.21. The van der Waals surface area contributed by atoms with Gasteiger partial charge in [0.05, 0.1) is 6.54 Å². The van der Waals surface area contributed by atoms with Gasteiger partial charge < -0.3 is 26.8 Å². The van der Waals surface area contributed by atoms with E-state index in [2.05, 4.69) is 16.0 Å². The fourth-order valence-electron chi connectivity index (χ4n) is 2.33. The molecular weight excluding hydrogens is 340 g/mol. The number of amides is 3. The molecule has 3 amide bonds. The maximum Gasteiger partial charge on any atom is 0.326 e. The molecule has 0 aromatic heterocycles. The Kier molecular flexibility index (Phi) is 11.2. The minimum Gasteiger partial charge on any atom is -0.480 e. The number of carbonyl (C=O) groups excluding carboxylic acids is 3. The lowest BCUT2D eigenvalue weighted by atomic mass is 10.0. The molecule has 0 heterocycles. The van der Waals surface area contributed by atoms with Gasteiger partial charge in [0, 0.05) is 13.0 Å². The number of nitrogens with two attached hydrogens (primary N) is 1. The van der Waals surface area contributed by atoms with Gasteiger partial charge in [0.1, 0.15) is 12.1 Å². The van der Waals surface area contributed by atoms with Crippen LogP contribution in [0.25, 0.3) is 0 Å². The smallest absolute Gasteiger partial charge is 0.326 e. The first-order valence-electron chi connectivity index (χ1n) is 8.86. The lowest BCUT2D eigenvalue weighted by Crippen LogP contribution is -2.51. The van der Waals surface area contributed by atoms with Crippen molar-refractivity contribution in [3.8, 4) is 0 Å². The van der Waals surface area contributed by atoms with Crippen molar-refractivity contribution in [2.75, 3.05) is 13.1 Å². The first-order valence-corrected chi connectivity index (χ1v) is 8.86. The molecule has 0 rings (SSSR count). The van der Waals surface area contributed by atoms with Gasteiger partial charge in [-0.1, -0.05) is 27.7 Å². The molecule has 0 aromatic rings. The number of carbonyl (C=O) groups is 4. The number of hydrogen-bond donors (Lipinski definition) is 5. The van der Waals surface area contributed by atoms with E-state index in [4.69, 9.17) is 10.8 Å². The predicted molar refractivity (Wildman–Crippen MR) is 97.1 cm³/mol. The van der Waals surface area contributed by atoms with Crippen LogP contribution in [0.15, 0.2) is 0 Å². The highest BCUT2D eigenvalue weighted by atomic mass is 16.4. The van der Waals surface area contributed by atoms with E-state index in [1.54, 1.807) is 0 Å². The van der Waals surface area contributed by atoms with E-state index in [1.807, 2.05) is 27.7 Å². The van der Waals surface area contributed by atoms with Crippen LogP contribution in [0.3, 0.4) is 0 Å². The number of nitrogens with one attached hydrogen (secondary N) is 3. The van der Waals surface area contributed by atoms with Crippen molar-refractivity contribution in [3.05, 3.63) is 0 Å². The third-order valence-electron chi connectivity index (χ3n) is 3.49. The molecule has 0 saturated carbocycles. The third-order valence-corrected chi connectivity index (χ3v) is 3.49. The molecule has 9 nitrogen and oxygen atoms in total. The minimum absolute atomic E-state index is 0.0965. The van der Waals surface area contributed by atoms with Crippen LogP contribution in [0.1, 0.15) is 47.0 Å². The Labute approximate surface area is 154 Å². The van der Waals surface area contributed by atoms with Crippen molar-refractivity contribution in [2.45, 2.75) is 59.0 Å². The number of hydrogen-bond acceptors (Lipinski definition) is 5. The molecule has 0 aliphatic carbocycles. The predicted octanol–water partition coefficient (Wildman–Crippen LogP) is -0.402. The molecule has 0 spiro atoms. The third kappa shape index (κ3) is 10.7. The van der Waals surface area contributed by atoms with Gasteiger partial charge in [-0.3, -0.25) is 14.4 Å². The molecule has 0 aromatic carbocycles. The normalized spacial score (nSPS) is 13.2. The molecule has 0 unspecified atom stereocenters. The Balaban J connectivity index is 4.65. The van der Waals surface area contributed by atoms with Crippen molar-refractivity contribution < 1.29 is 24.3 Å². The van der Waals surface area contributed by atoms with Gasteiger partial charge in [-0.25, -0.2) is 4.79 Å². The molecule has 26 heavy (non-hydrogen) atoms. The molecule has 9 heteroatoms. The summed E-state index contributed by atoms with van der Waals surface area (Å²) in [6.07, 6.45) is 0.812. The number of carboxylic acid groups (broad SMARTS) is 1. The van der Waals surface area contributed by atoms with Gasteiger partial charge in [-0.2, -0.15) is 0 Å². The highest BCUT2D eigenvalue weighted by Gasteiger charge is 2.24. The van der Waals surface area contributed by atoms with Crippen molar-refractivity contribution in [1.29, 1.82) is 0 Å². The van der Waals surface area contributed by atoms with Crippen LogP contribution in [0.2, 0.25) is 0 Å². The zero-order chi connectivity index (χ0) is 20.3. The summed E-state index contributed by atoms with van der Waals surface area (Å²) in [7, 11) is 0. The van der Waals surface area contributed by atoms with Crippen LogP contribution in [-0.2, 0) is 19.2 Å². The zero-order valence-corrected chi connectivity index (χ0v) is 16.0. The Bertz CT molecular complexity index is 494. The van der Waals surface area contributed by atoms with Gasteiger partial charge in [-0.15, -0.1) is 0 Å². The van der Waals surface area contributed by atoms with E-state index in [-0.39, 0.29) is 37.3 Å². The number of rotatable bonds is 12. The van der Waals surface area contributed by atoms with E-state index in [9.17, 15) is 19.2 Å². The van der Waals surface area contributed by atoms with Crippen LogP contribution >= 0.6 is 0 Å². The van der Waals surface area contributed by atoms with E-state index in [1.165, 1.54) is 0 Å².